The lowest BCUT2D eigenvalue weighted by Crippen LogP contribution is -2.15. The average molecular weight is 139 g/mol. The fourth-order valence-corrected chi connectivity index (χ4v) is 0.740. The summed E-state index contributed by atoms with van der Waals surface area (Å²) in [5.41, 5.74) is 6.99. The highest BCUT2D eigenvalue weighted by Gasteiger charge is 1.98. The molecule has 0 fully saturated rings. The summed E-state index contributed by atoms with van der Waals surface area (Å²) < 4.78 is 0. The average Bonchev–Trinajstić information content (AvgIpc) is 1.82. The molecule has 4 heteroatoms. The highest BCUT2D eigenvalue weighted by atomic mass is 16.1. The van der Waals surface area contributed by atoms with Crippen molar-refractivity contribution in [2.24, 2.45) is 0 Å². The molecule has 54 valence electrons. The fraction of sp³-hybridized carbons (Fsp3) is 0.333. The van der Waals surface area contributed by atoms with Crippen LogP contribution < -0.4 is 11.4 Å². The first-order chi connectivity index (χ1) is 4.61. The van der Waals surface area contributed by atoms with Crippen LogP contribution >= 0.6 is 0 Å². The molecule has 1 rings (SSSR count). The molecule has 0 atom stereocenters. The van der Waals surface area contributed by atoms with Gasteiger partial charge in [0.15, 0.2) is 0 Å². The summed E-state index contributed by atoms with van der Waals surface area (Å²) in [7, 11) is 0. The van der Waals surface area contributed by atoms with Gasteiger partial charge in [0, 0.05) is 5.69 Å². The smallest absolute Gasteiger partial charge is 0.345 e. The lowest BCUT2D eigenvalue weighted by atomic mass is 10.3. The Morgan fingerprint density at radius 3 is 2.60 bits per heavy atom. The van der Waals surface area contributed by atoms with E-state index >= 15 is 0 Å². The van der Waals surface area contributed by atoms with E-state index < -0.39 is 0 Å². The van der Waals surface area contributed by atoms with Crippen LogP contribution in [0.5, 0.6) is 0 Å². The number of aryl methyl sites for hydroxylation is 2. The van der Waals surface area contributed by atoms with Gasteiger partial charge < -0.3 is 10.7 Å². The van der Waals surface area contributed by atoms with Gasteiger partial charge in [-0.25, -0.2) is 4.79 Å². The van der Waals surface area contributed by atoms with Crippen LogP contribution in [-0.4, -0.2) is 9.97 Å². The molecule has 0 aromatic carbocycles. The molecule has 1 aromatic rings. The Kier molecular flexibility index (Phi) is 1.45. The molecule has 0 aliphatic rings. The number of H-pyrrole nitrogens is 1. The molecule has 0 spiro atoms. The largest absolute Gasteiger partial charge is 0.396 e. The Morgan fingerprint density at radius 1 is 1.50 bits per heavy atom. The van der Waals surface area contributed by atoms with Gasteiger partial charge in [-0.3, -0.25) is 0 Å². The van der Waals surface area contributed by atoms with Gasteiger partial charge in [0.05, 0.1) is 11.4 Å². The monoisotopic (exact) mass is 139 g/mol. The van der Waals surface area contributed by atoms with E-state index in [0.29, 0.717) is 17.1 Å². The first kappa shape index (κ1) is 6.80. The topological polar surface area (TPSA) is 71.8 Å². The molecule has 0 unspecified atom stereocenters. The normalized spacial score (nSPS) is 9.80. The van der Waals surface area contributed by atoms with Crippen LogP contribution in [0.25, 0.3) is 0 Å². The molecule has 0 saturated carbocycles. The third kappa shape index (κ3) is 1.00. The maximum atomic E-state index is 10.6. The van der Waals surface area contributed by atoms with Crippen LogP contribution in [0.4, 0.5) is 5.69 Å². The highest BCUT2D eigenvalue weighted by molar-refractivity contribution is 5.45. The third-order valence-electron chi connectivity index (χ3n) is 1.36. The van der Waals surface area contributed by atoms with E-state index in [0.717, 1.165) is 0 Å². The van der Waals surface area contributed by atoms with E-state index in [2.05, 4.69) is 9.97 Å². The van der Waals surface area contributed by atoms with Crippen LogP contribution in [0.3, 0.4) is 0 Å². The summed E-state index contributed by atoms with van der Waals surface area (Å²) in [6.07, 6.45) is 0. The van der Waals surface area contributed by atoms with E-state index in [1.807, 2.05) is 0 Å². The van der Waals surface area contributed by atoms with Gasteiger partial charge in [0.25, 0.3) is 0 Å². The number of nitrogens with one attached hydrogen (secondary N) is 1. The number of hydrogen-bond donors (Lipinski definition) is 2. The van der Waals surface area contributed by atoms with E-state index in [1.54, 1.807) is 13.8 Å². The van der Waals surface area contributed by atoms with Crippen molar-refractivity contribution in [1.82, 2.24) is 9.97 Å². The van der Waals surface area contributed by atoms with Gasteiger partial charge in [-0.1, -0.05) is 0 Å². The molecule has 1 aromatic heterocycles. The Bertz CT molecular complexity index is 276. The zero-order chi connectivity index (χ0) is 7.72. The van der Waals surface area contributed by atoms with E-state index in [4.69, 9.17) is 5.73 Å². The lowest BCUT2D eigenvalue weighted by Gasteiger charge is -1.99. The zero-order valence-electron chi connectivity index (χ0n) is 5.93. The van der Waals surface area contributed by atoms with Crippen molar-refractivity contribution in [3.8, 4) is 0 Å². The Labute approximate surface area is 58.1 Å². The number of anilines is 1. The molecule has 4 nitrogen and oxygen atoms in total. The summed E-state index contributed by atoms with van der Waals surface area (Å²) >= 11 is 0. The summed E-state index contributed by atoms with van der Waals surface area (Å²) in [5, 5.41) is 0. The van der Waals surface area contributed by atoms with Gasteiger partial charge in [-0.15, -0.1) is 0 Å². The Balaban J connectivity index is 3.46. The van der Waals surface area contributed by atoms with E-state index in [1.165, 1.54) is 0 Å². The van der Waals surface area contributed by atoms with Gasteiger partial charge >= 0.3 is 5.69 Å². The number of rotatable bonds is 0. The van der Waals surface area contributed by atoms with Crippen LogP contribution in [0.1, 0.15) is 11.4 Å². The molecule has 0 amide bonds. The molecular weight excluding hydrogens is 130 g/mol. The number of hydrogen-bond acceptors (Lipinski definition) is 3. The fourth-order valence-electron chi connectivity index (χ4n) is 0.740. The maximum Gasteiger partial charge on any atom is 0.345 e. The van der Waals surface area contributed by atoms with E-state index in [9.17, 15) is 4.79 Å². The minimum Gasteiger partial charge on any atom is -0.396 e. The predicted octanol–water partition coefficient (Wildman–Crippen LogP) is -0.0311. The maximum absolute atomic E-state index is 10.6. The Hall–Kier alpha value is -1.32. The number of aromatic nitrogens is 2. The molecule has 3 N–H and O–H groups in total. The standard InChI is InChI=1S/C6H9N3O/c1-3-5(7)4(2)9-6(10)8-3/h7H2,1-2H3,(H,8,9,10). The van der Waals surface area contributed by atoms with Gasteiger partial charge in [-0.2, -0.15) is 4.98 Å². The van der Waals surface area contributed by atoms with E-state index in [-0.39, 0.29) is 5.69 Å². The number of nitrogen functional groups attached to an aromatic ring is 1. The van der Waals surface area contributed by atoms with Gasteiger partial charge in [0.2, 0.25) is 0 Å². The summed E-state index contributed by atoms with van der Waals surface area (Å²) in [6, 6.07) is 0. The number of nitrogens with two attached hydrogens (primary N) is 1. The van der Waals surface area contributed by atoms with Crippen molar-refractivity contribution >= 4 is 5.69 Å². The molecule has 10 heavy (non-hydrogen) atoms. The molecule has 0 bridgehead atoms. The van der Waals surface area contributed by atoms with Crippen molar-refractivity contribution in [3.05, 3.63) is 21.9 Å². The molecule has 0 saturated heterocycles. The van der Waals surface area contributed by atoms with Crippen molar-refractivity contribution in [2.75, 3.05) is 5.73 Å². The summed E-state index contributed by atoms with van der Waals surface area (Å²) in [4.78, 5) is 16.7. The minimum atomic E-state index is -0.343. The van der Waals surface area contributed by atoms with Crippen molar-refractivity contribution < 1.29 is 0 Å². The van der Waals surface area contributed by atoms with Crippen LogP contribution in [-0.2, 0) is 0 Å². The van der Waals surface area contributed by atoms with Crippen molar-refractivity contribution in [2.45, 2.75) is 13.8 Å². The quantitative estimate of drug-likeness (QED) is 0.530. The van der Waals surface area contributed by atoms with Crippen LogP contribution in [0, 0.1) is 13.8 Å². The molecular formula is C6H9N3O. The second kappa shape index (κ2) is 2.13. The van der Waals surface area contributed by atoms with Crippen LogP contribution in [0.2, 0.25) is 0 Å². The molecule has 0 aliphatic heterocycles. The third-order valence-corrected chi connectivity index (χ3v) is 1.36. The SMILES string of the molecule is Cc1nc(=O)[nH]c(C)c1N. The van der Waals surface area contributed by atoms with Gasteiger partial charge in [0.1, 0.15) is 0 Å². The van der Waals surface area contributed by atoms with Crippen molar-refractivity contribution in [3.63, 3.8) is 0 Å². The molecule has 0 aliphatic carbocycles. The highest BCUT2D eigenvalue weighted by Crippen LogP contribution is 2.06. The molecule has 1 heterocycles. The second-order valence-corrected chi connectivity index (χ2v) is 2.17. The first-order valence-corrected chi connectivity index (χ1v) is 2.94. The molecule has 0 radical (unpaired) electrons. The zero-order valence-corrected chi connectivity index (χ0v) is 5.93. The second-order valence-electron chi connectivity index (χ2n) is 2.17. The predicted molar refractivity (Wildman–Crippen MR) is 38.7 cm³/mol. The first-order valence-electron chi connectivity index (χ1n) is 2.94. The van der Waals surface area contributed by atoms with Crippen molar-refractivity contribution in [1.29, 1.82) is 0 Å². The number of nitrogens with zero attached hydrogens (tertiary/aromatic N) is 1. The Morgan fingerprint density at radius 2 is 2.10 bits per heavy atom. The lowest BCUT2D eigenvalue weighted by molar-refractivity contribution is 0.995. The summed E-state index contributed by atoms with van der Waals surface area (Å²) in [6.45, 7) is 3.45. The summed E-state index contributed by atoms with van der Waals surface area (Å²) in [5.74, 6) is 0. The minimum absolute atomic E-state index is 0.343. The van der Waals surface area contributed by atoms with Gasteiger partial charge in [-0.05, 0) is 13.8 Å². The van der Waals surface area contributed by atoms with Crippen LogP contribution in [0.15, 0.2) is 4.79 Å². The number of aromatic amines is 1.